The third-order valence-corrected chi connectivity index (χ3v) is 8.40. The number of hydrogen-bond donors (Lipinski definition) is 1. The molecule has 0 unspecified atom stereocenters. The zero-order chi connectivity index (χ0) is 25.2. The van der Waals surface area contributed by atoms with E-state index >= 15 is 0 Å². The minimum absolute atomic E-state index is 0.0597. The van der Waals surface area contributed by atoms with Gasteiger partial charge in [0.05, 0.1) is 23.4 Å². The van der Waals surface area contributed by atoms with E-state index in [4.69, 9.17) is 32.9 Å². The van der Waals surface area contributed by atoms with E-state index in [1.165, 1.54) is 16.6 Å². The second-order valence-electron chi connectivity index (χ2n) is 8.35. The summed E-state index contributed by atoms with van der Waals surface area (Å²) in [4.78, 5) is 33.4. The SMILES string of the molecule is CCOc1ccc(-n2c(SCC(=O)Nc3cc(Cl)cc(Cl)c3)nc3sc4c(c3c2=O)CCCC4)cc1. The van der Waals surface area contributed by atoms with E-state index in [2.05, 4.69) is 5.32 Å². The van der Waals surface area contributed by atoms with Crippen molar-refractivity contribution in [2.45, 2.75) is 37.8 Å². The molecule has 1 aliphatic carbocycles. The number of carbonyl (C=O) groups excluding carboxylic acids is 1. The van der Waals surface area contributed by atoms with Crippen molar-refractivity contribution in [2.75, 3.05) is 17.7 Å². The highest BCUT2D eigenvalue weighted by Gasteiger charge is 2.23. The third kappa shape index (κ3) is 5.27. The second-order valence-corrected chi connectivity index (χ2v) is 11.2. The molecule has 2 heterocycles. The van der Waals surface area contributed by atoms with E-state index in [9.17, 15) is 9.59 Å². The Hall–Kier alpha value is -2.52. The van der Waals surface area contributed by atoms with Gasteiger partial charge in [0.25, 0.3) is 5.56 Å². The topological polar surface area (TPSA) is 73.2 Å². The lowest BCUT2D eigenvalue weighted by Crippen LogP contribution is -2.23. The summed E-state index contributed by atoms with van der Waals surface area (Å²) in [5.74, 6) is 0.533. The first-order valence-electron chi connectivity index (χ1n) is 11.6. The molecule has 10 heteroatoms. The first-order chi connectivity index (χ1) is 17.4. The molecule has 1 aliphatic rings. The number of thiophene rings is 1. The lowest BCUT2D eigenvalue weighted by molar-refractivity contribution is -0.113. The fourth-order valence-electron chi connectivity index (χ4n) is 4.32. The summed E-state index contributed by atoms with van der Waals surface area (Å²) in [6, 6.07) is 12.2. The maximum Gasteiger partial charge on any atom is 0.267 e. The Morgan fingerprint density at radius 1 is 1.14 bits per heavy atom. The minimum Gasteiger partial charge on any atom is -0.494 e. The van der Waals surface area contributed by atoms with Crippen molar-refractivity contribution < 1.29 is 9.53 Å². The first-order valence-corrected chi connectivity index (χ1v) is 14.2. The number of ether oxygens (including phenoxy) is 1. The molecule has 1 amide bonds. The molecule has 0 spiro atoms. The van der Waals surface area contributed by atoms with E-state index in [0.29, 0.717) is 38.6 Å². The van der Waals surface area contributed by atoms with Crippen molar-refractivity contribution in [1.82, 2.24) is 9.55 Å². The van der Waals surface area contributed by atoms with E-state index in [0.717, 1.165) is 41.8 Å². The Bertz CT molecular complexity index is 1480. The van der Waals surface area contributed by atoms with Crippen molar-refractivity contribution >= 4 is 68.1 Å². The first kappa shape index (κ1) is 25.1. The lowest BCUT2D eigenvalue weighted by atomic mass is 9.97. The smallest absolute Gasteiger partial charge is 0.267 e. The van der Waals surface area contributed by atoms with Crippen LogP contribution in [-0.2, 0) is 17.6 Å². The minimum atomic E-state index is -0.253. The maximum atomic E-state index is 13.9. The van der Waals surface area contributed by atoms with Crippen LogP contribution < -0.4 is 15.6 Å². The number of nitrogens with zero attached hydrogens (tertiary/aromatic N) is 2. The van der Waals surface area contributed by atoms with Crippen LogP contribution in [0.1, 0.15) is 30.2 Å². The van der Waals surface area contributed by atoms with E-state index in [-0.39, 0.29) is 17.2 Å². The van der Waals surface area contributed by atoms with Gasteiger partial charge >= 0.3 is 0 Å². The Morgan fingerprint density at radius 2 is 1.86 bits per heavy atom. The number of thioether (sulfide) groups is 1. The molecule has 0 bridgehead atoms. The second kappa shape index (κ2) is 10.8. The van der Waals surface area contributed by atoms with Gasteiger partial charge in [0.15, 0.2) is 5.16 Å². The largest absolute Gasteiger partial charge is 0.494 e. The zero-order valence-corrected chi connectivity index (χ0v) is 22.6. The summed E-state index contributed by atoms with van der Waals surface area (Å²) in [7, 11) is 0. The summed E-state index contributed by atoms with van der Waals surface area (Å²) in [6.07, 6.45) is 4.08. The highest BCUT2D eigenvalue weighted by molar-refractivity contribution is 7.99. The summed E-state index contributed by atoms with van der Waals surface area (Å²) in [5.41, 5.74) is 2.22. The normalized spacial score (nSPS) is 13.0. The predicted molar refractivity (Wildman–Crippen MR) is 149 cm³/mol. The summed E-state index contributed by atoms with van der Waals surface area (Å²) in [6.45, 7) is 2.48. The van der Waals surface area contributed by atoms with E-state index < -0.39 is 0 Å². The van der Waals surface area contributed by atoms with Gasteiger partial charge in [-0.15, -0.1) is 11.3 Å². The average Bonchev–Trinajstić information content (AvgIpc) is 3.22. The molecule has 4 aromatic rings. The van der Waals surface area contributed by atoms with Crippen LogP contribution in [0.3, 0.4) is 0 Å². The zero-order valence-electron chi connectivity index (χ0n) is 19.5. The van der Waals surface area contributed by atoms with Gasteiger partial charge in [0.1, 0.15) is 10.6 Å². The number of hydrogen-bond acceptors (Lipinski definition) is 6. The summed E-state index contributed by atoms with van der Waals surface area (Å²) >= 11 is 14.9. The van der Waals surface area contributed by atoms with Gasteiger partial charge in [-0.1, -0.05) is 35.0 Å². The van der Waals surface area contributed by atoms with E-state index in [1.54, 1.807) is 34.1 Å². The van der Waals surface area contributed by atoms with Gasteiger partial charge in [-0.2, -0.15) is 0 Å². The standard InChI is InChI=1S/C26H23Cl2N3O3S2/c1-2-34-19-9-7-18(8-10-19)31-25(33)23-20-5-3-4-6-21(20)36-24(23)30-26(31)35-14-22(32)29-17-12-15(27)11-16(28)13-17/h7-13H,2-6,14H2,1H3,(H,29,32). The van der Waals surface area contributed by atoms with Crippen molar-refractivity contribution in [3.63, 3.8) is 0 Å². The molecule has 2 aromatic carbocycles. The fraction of sp³-hybridized carbons (Fsp3) is 0.269. The highest BCUT2D eigenvalue weighted by Crippen LogP contribution is 2.35. The lowest BCUT2D eigenvalue weighted by Gasteiger charge is -2.14. The number of halogens is 2. The summed E-state index contributed by atoms with van der Waals surface area (Å²) < 4.78 is 7.17. The number of anilines is 1. The number of rotatable bonds is 7. The van der Waals surface area contributed by atoms with Crippen LogP contribution in [0.5, 0.6) is 5.75 Å². The molecule has 36 heavy (non-hydrogen) atoms. The van der Waals surface area contributed by atoms with Crippen molar-refractivity contribution in [1.29, 1.82) is 0 Å². The molecule has 186 valence electrons. The predicted octanol–water partition coefficient (Wildman–Crippen LogP) is 6.76. The van der Waals surface area contributed by atoms with Crippen molar-refractivity contribution in [2.24, 2.45) is 0 Å². The molecule has 0 saturated heterocycles. The van der Waals surface area contributed by atoms with Gasteiger partial charge in [-0.3, -0.25) is 14.2 Å². The number of aryl methyl sites for hydroxylation is 2. The van der Waals surface area contributed by atoms with Gasteiger partial charge in [0.2, 0.25) is 5.91 Å². The number of nitrogens with one attached hydrogen (secondary N) is 1. The van der Waals surface area contributed by atoms with Crippen LogP contribution >= 0.6 is 46.3 Å². The van der Waals surface area contributed by atoms with Gasteiger partial charge in [-0.05, 0) is 80.6 Å². The molecule has 0 aliphatic heterocycles. The fourth-order valence-corrected chi connectivity index (χ4v) is 6.96. The van der Waals surface area contributed by atoms with Gasteiger partial charge in [-0.25, -0.2) is 4.98 Å². The molecule has 1 N–H and O–H groups in total. The average molecular weight is 561 g/mol. The molecular weight excluding hydrogens is 537 g/mol. The molecule has 5 rings (SSSR count). The van der Waals surface area contributed by atoms with Crippen molar-refractivity contribution in [3.8, 4) is 11.4 Å². The summed E-state index contributed by atoms with van der Waals surface area (Å²) in [5, 5.41) is 4.84. The Labute approximate surface area is 226 Å². The third-order valence-electron chi connectivity index (χ3n) is 5.84. The number of benzene rings is 2. The molecule has 2 aromatic heterocycles. The van der Waals surface area contributed by atoms with Crippen LogP contribution in [0.25, 0.3) is 15.9 Å². The van der Waals surface area contributed by atoms with Crippen molar-refractivity contribution in [3.05, 3.63) is 73.3 Å². The highest BCUT2D eigenvalue weighted by atomic mass is 35.5. The number of fused-ring (bicyclic) bond motifs is 3. The van der Waals surface area contributed by atoms with Crippen LogP contribution in [0.4, 0.5) is 5.69 Å². The number of amides is 1. The quantitative estimate of drug-likeness (QED) is 0.200. The molecule has 0 fully saturated rings. The van der Waals surface area contributed by atoms with Crippen LogP contribution in [0.15, 0.2) is 52.4 Å². The molecule has 0 radical (unpaired) electrons. The Kier molecular flexibility index (Phi) is 7.57. The van der Waals surface area contributed by atoms with Gasteiger partial charge < -0.3 is 10.1 Å². The van der Waals surface area contributed by atoms with Crippen LogP contribution in [0, 0.1) is 0 Å². The Balaban J connectivity index is 1.50. The van der Waals surface area contributed by atoms with Crippen LogP contribution in [-0.4, -0.2) is 27.8 Å². The van der Waals surface area contributed by atoms with E-state index in [1.807, 2.05) is 31.2 Å². The molecule has 0 atom stereocenters. The number of aromatic nitrogens is 2. The molecule has 0 saturated carbocycles. The van der Waals surface area contributed by atoms with Crippen LogP contribution in [0.2, 0.25) is 10.0 Å². The maximum absolute atomic E-state index is 13.9. The number of carbonyl (C=O) groups is 1. The Morgan fingerprint density at radius 3 is 2.58 bits per heavy atom. The van der Waals surface area contributed by atoms with Gasteiger partial charge in [0, 0.05) is 20.6 Å². The molecule has 6 nitrogen and oxygen atoms in total. The molecular formula is C26H23Cl2N3O3S2. The monoisotopic (exact) mass is 559 g/mol.